The predicted octanol–water partition coefficient (Wildman–Crippen LogP) is 3.18. The topological polar surface area (TPSA) is 70.6 Å². The molecular weight excluding hydrogens is 323 g/mol. The van der Waals surface area contributed by atoms with Gasteiger partial charge in [-0.2, -0.15) is 0 Å². The van der Waals surface area contributed by atoms with Crippen LogP contribution in [-0.4, -0.2) is 24.8 Å². The normalized spacial score (nSPS) is 19.0. The Hall–Kier alpha value is -2.60. The lowest BCUT2D eigenvalue weighted by atomic mass is 9.79. The van der Waals surface area contributed by atoms with E-state index in [9.17, 15) is 14.3 Å². The van der Waals surface area contributed by atoms with Crippen molar-refractivity contribution in [3.05, 3.63) is 59.4 Å². The number of hydrogen-bond acceptors (Lipinski definition) is 3. The Morgan fingerprint density at radius 3 is 2.88 bits per heavy atom. The number of carbonyl (C=O) groups is 1. The van der Waals surface area contributed by atoms with Gasteiger partial charge in [0.2, 0.25) is 0 Å². The van der Waals surface area contributed by atoms with Crippen molar-refractivity contribution in [2.24, 2.45) is 0 Å². The van der Waals surface area contributed by atoms with Crippen LogP contribution >= 0.6 is 0 Å². The van der Waals surface area contributed by atoms with Gasteiger partial charge >= 0.3 is 6.03 Å². The van der Waals surface area contributed by atoms with Crippen LogP contribution in [0, 0.1) is 5.82 Å². The van der Waals surface area contributed by atoms with Crippen molar-refractivity contribution in [3.63, 3.8) is 0 Å². The molecule has 3 rings (SSSR count). The van der Waals surface area contributed by atoms with Crippen molar-refractivity contribution in [2.45, 2.75) is 24.9 Å². The molecule has 132 valence electrons. The largest absolute Gasteiger partial charge is 0.497 e. The van der Waals surface area contributed by atoms with Crippen LogP contribution in [0.5, 0.6) is 5.75 Å². The Kier molecular flexibility index (Phi) is 4.90. The van der Waals surface area contributed by atoms with Crippen molar-refractivity contribution in [1.29, 1.82) is 0 Å². The fourth-order valence-corrected chi connectivity index (χ4v) is 3.20. The molecule has 0 radical (unpaired) electrons. The second-order valence-corrected chi connectivity index (χ2v) is 6.20. The molecule has 0 aromatic heterocycles. The van der Waals surface area contributed by atoms with Crippen LogP contribution in [0.25, 0.3) is 0 Å². The van der Waals surface area contributed by atoms with Crippen molar-refractivity contribution in [3.8, 4) is 5.75 Å². The Balaban J connectivity index is 1.69. The molecule has 6 heteroatoms. The summed E-state index contributed by atoms with van der Waals surface area (Å²) in [5.41, 5.74) is 0.766. The number of carbonyl (C=O) groups excluding carboxylic acids is 1. The molecule has 25 heavy (non-hydrogen) atoms. The zero-order valence-electron chi connectivity index (χ0n) is 14.0. The summed E-state index contributed by atoms with van der Waals surface area (Å²) in [4.78, 5) is 12.0. The lowest BCUT2D eigenvalue weighted by Gasteiger charge is -2.34. The van der Waals surface area contributed by atoms with Gasteiger partial charge < -0.3 is 20.5 Å². The van der Waals surface area contributed by atoms with Gasteiger partial charge in [-0.3, -0.25) is 0 Å². The molecular formula is C19H21FN2O3. The fraction of sp³-hybridized carbons (Fsp3) is 0.316. The van der Waals surface area contributed by atoms with E-state index in [0.29, 0.717) is 6.42 Å². The number of hydrogen-bond donors (Lipinski definition) is 3. The number of rotatable bonds is 4. The third-order valence-corrected chi connectivity index (χ3v) is 4.51. The van der Waals surface area contributed by atoms with Gasteiger partial charge in [-0.25, -0.2) is 9.18 Å². The standard InChI is InChI=1S/C19H21FN2O3/c1-25-14-8-9-15-13(11-14)5-4-10-19(15,24)12-21-18(23)22-17-7-3-2-6-16(17)20/h2-3,6-9,11,24H,4-5,10,12H2,1H3,(H2,21,22,23). The lowest BCUT2D eigenvalue weighted by molar-refractivity contribution is 0.0220. The van der Waals surface area contributed by atoms with Gasteiger partial charge in [0.1, 0.15) is 17.2 Å². The average molecular weight is 344 g/mol. The summed E-state index contributed by atoms with van der Waals surface area (Å²) < 4.78 is 18.8. The third kappa shape index (κ3) is 3.74. The first kappa shape index (κ1) is 17.2. The number of anilines is 1. The van der Waals surface area contributed by atoms with Crippen molar-refractivity contribution >= 4 is 11.7 Å². The van der Waals surface area contributed by atoms with Crippen molar-refractivity contribution in [2.75, 3.05) is 19.0 Å². The number of amides is 2. The quantitative estimate of drug-likeness (QED) is 0.798. The number of para-hydroxylation sites is 1. The van der Waals surface area contributed by atoms with Crippen LogP contribution in [0.1, 0.15) is 24.0 Å². The average Bonchev–Trinajstić information content (AvgIpc) is 2.62. The summed E-state index contributed by atoms with van der Waals surface area (Å²) in [7, 11) is 1.60. The molecule has 2 aromatic rings. The van der Waals surface area contributed by atoms with E-state index >= 15 is 0 Å². The first-order valence-corrected chi connectivity index (χ1v) is 8.21. The van der Waals surface area contributed by atoms with E-state index in [0.717, 1.165) is 29.7 Å². The Morgan fingerprint density at radius 2 is 2.12 bits per heavy atom. The van der Waals surface area contributed by atoms with Gasteiger partial charge in [0.15, 0.2) is 0 Å². The summed E-state index contributed by atoms with van der Waals surface area (Å²) in [5.74, 6) is 0.236. The summed E-state index contributed by atoms with van der Waals surface area (Å²) in [5, 5.41) is 16.1. The molecule has 1 aliphatic carbocycles. The highest BCUT2D eigenvalue weighted by atomic mass is 19.1. The maximum absolute atomic E-state index is 13.6. The molecule has 2 amide bonds. The molecule has 0 saturated heterocycles. The highest BCUT2D eigenvalue weighted by Crippen LogP contribution is 2.36. The van der Waals surface area contributed by atoms with Crippen LogP contribution in [-0.2, 0) is 12.0 Å². The summed E-state index contributed by atoms with van der Waals surface area (Å²) in [6.45, 7) is 0.0482. The summed E-state index contributed by atoms with van der Waals surface area (Å²) >= 11 is 0. The first-order valence-electron chi connectivity index (χ1n) is 8.21. The van der Waals surface area contributed by atoms with Gasteiger partial charge in [0.05, 0.1) is 19.3 Å². The van der Waals surface area contributed by atoms with Gasteiger partial charge in [0.25, 0.3) is 0 Å². The number of benzene rings is 2. The van der Waals surface area contributed by atoms with Gasteiger partial charge in [-0.15, -0.1) is 0 Å². The number of methoxy groups -OCH3 is 1. The maximum Gasteiger partial charge on any atom is 0.319 e. The van der Waals surface area contributed by atoms with E-state index in [1.165, 1.54) is 12.1 Å². The summed E-state index contributed by atoms with van der Waals surface area (Å²) in [6.07, 6.45) is 2.22. The van der Waals surface area contributed by atoms with Gasteiger partial charge in [-0.05, 0) is 54.7 Å². The van der Waals surface area contributed by atoms with E-state index in [1.54, 1.807) is 25.3 Å². The minimum absolute atomic E-state index is 0.0482. The molecule has 1 aliphatic rings. The Bertz CT molecular complexity index is 781. The SMILES string of the molecule is COc1ccc2c(c1)CCCC2(O)CNC(=O)Nc1ccccc1F. The number of aryl methyl sites for hydroxylation is 1. The van der Waals surface area contributed by atoms with Crippen molar-refractivity contribution in [1.82, 2.24) is 5.32 Å². The number of aliphatic hydroxyl groups is 1. The second-order valence-electron chi connectivity index (χ2n) is 6.20. The van der Waals surface area contributed by atoms with Gasteiger partial charge in [-0.1, -0.05) is 18.2 Å². The second kappa shape index (κ2) is 7.11. The number of fused-ring (bicyclic) bond motifs is 1. The van der Waals surface area contributed by atoms with Crippen LogP contribution in [0.3, 0.4) is 0 Å². The minimum Gasteiger partial charge on any atom is -0.497 e. The monoisotopic (exact) mass is 344 g/mol. The maximum atomic E-state index is 13.6. The Labute approximate surface area is 145 Å². The van der Waals surface area contributed by atoms with Crippen LogP contribution in [0.15, 0.2) is 42.5 Å². The molecule has 0 saturated carbocycles. The number of nitrogens with one attached hydrogen (secondary N) is 2. The number of ether oxygens (including phenoxy) is 1. The third-order valence-electron chi connectivity index (χ3n) is 4.51. The molecule has 0 heterocycles. The predicted molar refractivity (Wildman–Crippen MR) is 93.3 cm³/mol. The van der Waals surface area contributed by atoms with Crippen molar-refractivity contribution < 1.29 is 19.0 Å². The highest BCUT2D eigenvalue weighted by Gasteiger charge is 2.34. The molecule has 0 spiro atoms. The summed E-state index contributed by atoms with van der Waals surface area (Å²) in [6, 6.07) is 10.9. The van der Waals surface area contributed by atoms with Crippen LogP contribution in [0.2, 0.25) is 0 Å². The van der Waals surface area contributed by atoms with E-state index < -0.39 is 17.4 Å². The molecule has 0 fully saturated rings. The minimum atomic E-state index is -1.15. The molecule has 1 unspecified atom stereocenters. The van der Waals surface area contributed by atoms with Crippen LogP contribution in [0.4, 0.5) is 14.9 Å². The molecule has 5 nitrogen and oxygen atoms in total. The highest BCUT2D eigenvalue weighted by molar-refractivity contribution is 5.89. The van der Waals surface area contributed by atoms with E-state index in [4.69, 9.17) is 4.74 Å². The lowest BCUT2D eigenvalue weighted by Crippen LogP contribution is -2.44. The van der Waals surface area contributed by atoms with E-state index in [2.05, 4.69) is 10.6 Å². The molecule has 0 aliphatic heterocycles. The smallest absolute Gasteiger partial charge is 0.319 e. The molecule has 0 bridgehead atoms. The molecule has 2 aromatic carbocycles. The number of urea groups is 1. The molecule has 3 N–H and O–H groups in total. The molecule has 1 atom stereocenters. The fourth-order valence-electron chi connectivity index (χ4n) is 3.20. The zero-order chi connectivity index (χ0) is 17.9. The van der Waals surface area contributed by atoms with E-state index in [-0.39, 0.29) is 12.2 Å². The first-order chi connectivity index (χ1) is 12.0. The number of halogens is 1. The van der Waals surface area contributed by atoms with E-state index in [1.807, 2.05) is 12.1 Å². The van der Waals surface area contributed by atoms with Crippen LogP contribution < -0.4 is 15.4 Å². The zero-order valence-corrected chi connectivity index (χ0v) is 14.0. The Morgan fingerprint density at radius 1 is 1.32 bits per heavy atom. The van der Waals surface area contributed by atoms with Gasteiger partial charge in [0, 0.05) is 0 Å².